The van der Waals surface area contributed by atoms with E-state index in [1.807, 2.05) is 0 Å². The summed E-state index contributed by atoms with van der Waals surface area (Å²) in [4.78, 5) is 11.9. The molecule has 5 nitrogen and oxygen atoms in total. The Hall–Kier alpha value is -2.50. The van der Waals surface area contributed by atoms with Crippen LogP contribution >= 0.6 is 0 Å². The van der Waals surface area contributed by atoms with Crippen LogP contribution in [0.4, 0.5) is 16.0 Å². The molecule has 0 saturated carbocycles. The zero-order valence-corrected chi connectivity index (χ0v) is 12.6. The maximum Gasteiger partial charge on any atom is 0.229 e. The molecule has 116 valence electrons. The van der Waals surface area contributed by atoms with Crippen molar-refractivity contribution in [3.63, 3.8) is 0 Å². The fourth-order valence-corrected chi connectivity index (χ4v) is 1.82. The number of carbonyl (C=O) groups excluding carboxylic acids is 1. The molecule has 1 amide bonds. The monoisotopic (exact) mass is 302 g/mol. The Kier molecular flexibility index (Phi) is 5.41. The van der Waals surface area contributed by atoms with Crippen LogP contribution in [0.1, 0.15) is 19.4 Å². The minimum absolute atomic E-state index is 0.0901. The number of benzene rings is 1. The van der Waals surface area contributed by atoms with Crippen LogP contribution in [0.3, 0.4) is 0 Å². The maximum absolute atomic E-state index is 13.1. The normalized spacial score (nSPS) is 10.5. The average Bonchev–Trinajstić information content (AvgIpc) is 2.46. The largest absolute Gasteiger partial charge is 0.368 e. The van der Waals surface area contributed by atoms with Crippen LogP contribution in [-0.2, 0) is 11.2 Å². The third-order valence-corrected chi connectivity index (χ3v) is 2.88. The number of aromatic nitrogens is 2. The highest BCUT2D eigenvalue weighted by Crippen LogP contribution is 2.09. The first kappa shape index (κ1) is 15.9. The summed E-state index contributed by atoms with van der Waals surface area (Å²) >= 11 is 0. The number of nitrogens with one attached hydrogen (secondary N) is 2. The van der Waals surface area contributed by atoms with Crippen molar-refractivity contribution in [2.45, 2.75) is 20.3 Å². The fraction of sp³-hybridized carbons (Fsp3) is 0.312. The van der Waals surface area contributed by atoms with E-state index >= 15 is 0 Å². The zero-order valence-electron chi connectivity index (χ0n) is 12.6. The smallest absolute Gasteiger partial charge is 0.229 e. The molecule has 0 fully saturated rings. The molecular weight excluding hydrogens is 283 g/mol. The summed E-state index contributed by atoms with van der Waals surface area (Å²) in [5, 5.41) is 13.7. The van der Waals surface area contributed by atoms with Gasteiger partial charge in [-0.3, -0.25) is 4.79 Å². The Morgan fingerprint density at radius 3 is 2.55 bits per heavy atom. The lowest BCUT2D eigenvalue weighted by Gasteiger charge is -2.08. The summed E-state index contributed by atoms with van der Waals surface area (Å²) in [6.07, 6.45) is 0.0901. The van der Waals surface area contributed by atoms with Gasteiger partial charge in [0, 0.05) is 6.54 Å². The highest BCUT2D eigenvalue weighted by molar-refractivity contribution is 5.91. The Morgan fingerprint density at radius 1 is 1.18 bits per heavy atom. The van der Waals surface area contributed by atoms with Crippen molar-refractivity contribution in [2.75, 3.05) is 17.2 Å². The van der Waals surface area contributed by atoms with Crippen molar-refractivity contribution < 1.29 is 9.18 Å². The second-order valence-electron chi connectivity index (χ2n) is 5.43. The molecule has 22 heavy (non-hydrogen) atoms. The van der Waals surface area contributed by atoms with E-state index in [2.05, 4.69) is 34.7 Å². The first-order valence-corrected chi connectivity index (χ1v) is 7.15. The van der Waals surface area contributed by atoms with Crippen molar-refractivity contribution in [1.29, 1.82) is 0 Å². The maximum atomic E-state index is 13.1. The van der Waals surface area contributed by atoms with E-state index < -0.39 is 0 Å². The highest BCUT2D eigenvalue weighted by Gasteiger charge is 2.06. The highest BCUT2D eigenvalue weighted by atomic mass is 19.1. The summed E-state index contributed by atoms with van der Waals surface area (Å²) in [7, 11) is 0. The van der Waals surface area contributed by atoms with Crippen LogP contribution in [0.5, 0.6) is 0 Å². The second-order valence-corrected chi connectivity index (χ2v) is 5.43. The van der Waals surface area contributed by atoms with E-state index in [4.69, 9.17) is 0 Å². The second kappa shape index (κ2) is 7.49. The quantitative estimate of drug-likeness (QED) is 0.861. The third kappa shape index (κ3) is 5.12. The Labute approximate surface area is 129 Å². The van der Waals surface area contributed by atoms with Gasteiger partial charge in [-0.25, -0.2) is 4.39 Å². The Bertz CT molecular complexity index is 628. The first-order chi connectivity index (χ1) is 10.5. The van der Waals surface area contributed by atoms with Gasteiger partial charge in [-0.1, -0.05) is 26.0 Å². The van der Waals surface area contributed by atoms with Crippen LogP contribution in [0, 0.1) is 11.7 Å². The molecule has 0 radical (unpaired) electrons. The Balaban J connectivity index is 1.89. The summed E-state index contributed by atoms with van der Waals surface area (Å²) < 4.78 is 13.1. The van der Waals surface area contributed by atoms with E-state index in [-0.39, 0.29) is 18.1 Å². The molecular formula is C16H19FN4O. The number of carbonyl (C=O) groups is 1. The van der Waals surface area contributed by atoms with Gasteiger partial charge in [-0.05, 0) is 35.7 Å². The summed E-state index contributed by atoms with van der Waals surface area (Å²) in [5.74, 6) is 0.925. The van der Waals surface area contributed by atoms with Gasteiger partial charge in [-0.2, -0.15) is 0 Å². The van der Waals surface area contributed by atoms with Crippen LogP contribution < -0.4 is 10.6 Å². The van der Waals surface area contributed by atoms with E-state index in [1.54, 1.807) is 24.3 Å². The fourth-order valence-electron chi connectivity index (χ4n) is 1.82. The molecule has 0 aliphatic rings. The van der Waals surface area contributed by atoms with Gasteiger partial charge in [0.1, 0.15) is 11.6 Å². The third-order valence-electron chi connectivity index (χ3n) is 2.88. The number of rotatable bonds is 6. The average molecular weight is 302 g/mol. The molecule has 6 heteroatoms. The lowest BCUT2D eigenvalue weighted by atomic mass is 10.1. The van der Waals surface area contributed by atoms with Crippen LogP contribution in [0.25, 0.3) is 0 Å². The number of nitrogens with zero attached hydrogens (tertiary/aromatic N) is 2. The van der Waals surface area contributed by atoms with Gasteiger partial charge >= 0.3 is 0 Å². The van der Waals surface area contributed by atoms with Gasteiger partial charge in [0.05, 0.1) is 6.42 Å². The summed E-state index contributed by atoms with van der Waals surface area (Å²) in [5.41, 5.74) is 0.612. The van der Waals surface area contributed by atoms with Gasteiger partial charge in [0.25, 0.3) is 0 Å². The van der Waals surface area contributed by atoms with Gasteiger partial charge in [-0.15, -0.1) is 10.2 Å². The van der Waals surface area contributed by atoms with Crippen molar-refractivity contribution in [3.05, 3.63) is 47.8 Å². The van der Waals surface area contributed by atoms with Crippen molar-refractivity contribution in [1.82, 2.24) is 10.2 Å². The van der Waals surface area contributed by atoms with E-state index in [1.165, 1.54) is 12.1 Å². The molecule has 1 aromatic heterocycles. The van der Waals surface area contributed by atoms with Crippen LogP contribution in [-0.4, -0.2) is 22.6 Å². The first-order valence-electron chi connectivity index (χ1n) is 7.15. The minimum Gasteiger partial charge on any atom is -0.368 e. The minimum atomic E-state index is -0.356. The Morgan fingerprint density at radius 2 is 1.91 bits per heavy atom. The predicted molar refractivity (Wildman–Crippen MR) is 84.1 cm³/mol. The van der Waals surface area contributed by atoms with Crippen molar-refractivity contribution in [3.8, 4) is 0 Å². The predicted octanol–water partition coefficient (Wildman–Crippen LogP) is 2.86. The zero-order chi connectivity index (χ0) is 15.9. The van der Waals surface area contributed by atoms with Crippen molar-refractivity contribution in [2.24, 2.45) is 5.92 Å². The molecule has 1 heterocycles. The van der Waals surface area contributed by atoms with Crippen LogP contribution in [0.2, 0.25) is 0 Å². The molecule has 0 unspecified atom stereocenters. The van der Waals surface area contributed by atoms with Crippen LogP contribution in [0.15, 0.2) is 36.4 Å². The molecule has 0 saturated heterocycles. The van der Waals surface area contributed by atoms with E-state index in [9.17, 15) is 9.18 Å². The van der Waals surface area contributed by atoms with E-state index in [0.717, 1.165) is 6.54 Å². The van der Waals surface area contributed by atoms with Gasteiger partial charge in [0.2, 0.25) is 5.91 Å². The molecule has 0 atom stereocenters. The molecule has 0 aliphatic carbocycles. The molecule has 0 aliphatic heterocycles. The molecule has 1 aromatic carbocycles. The number of amides is 1. The van der Waals surface area contributed by atoms with Crippen molar-refractivity contribution >= 4 is 17.5 Å². The van der Waals surface area contributed by atoms with Gasteiger partial charge < -0.3 is 10.6 Å². The standard InChI is InChI=1S/C16H19FN4O/c1-11(2)10-18-14-6-7-15(21-20-14)19-16(22)9-12-4-3-5-13(17)8-12/h3-8,11H,9-10H2,1-2H3,(H,18,20)(H,19,21,22). The molecule has 2 aromatic rings. The molecule has 0 bridgehead atoms. The summed E-state index contributed by atoms with van der Waals surface area (Å²) in [6, 6.07) is 9.40. The summed E-state index contributed by atoms with van der Waals surface area (Å²) in [6.45, 7) is 5.00. The number of anilines is 2. The number of halogens is 1. The molecule has 0 spiro atoms. The van der Waals surface area contributed by atoms with Gasteiger partial charge in [0.15, 0.2) is 5.82 Å². The lowest BCUT2D eigenvalue weighted by molar-refractivity contribution is -0.115. The van der Waals surface area contributed by atoms with E-state index in [0.29, 0.717) is 23.1 Å². The SMILES string of the molecule is CC(C)CNc1ccc(NC(=O)Cc2cccc(F)c2)nn1. The molecule has 2 rings (SSSR count). The number of hydrogen-bond acceptors (Lipinski definition) is 4. The molecule has 2 N–H and O–H groups in total. The topological polar surface area (TPSA) is 66.9 Å². The lowest BCUT2D eigenvalue weighted by Crippen LogP contribution is -2.16. The number of hydrogen-bond donors (Lipinski definition) is 2.